The summed E-state index contributed by atoms with van der Waals surface area (Å²) < 4.78 is 11.2. The number of aliphatic hydroxyl groups is 1. The first-order valence-electron chi connectivity index (χ1n) is 4.29. The van der Waals surface area contributed by atoms with Gasteiger partial charge >= 0.3 is 0 Å². The Morgan fingerprint density at radius 2 is 2.14 bits per heavy atom. The summed E-state index contributed by atoms with van der Waals surface area (Å²) in [7, 11) is 1.62. The summed E-state index contributed by atoms with van der Waals surface area (Å²) in [4.78, 5) is 0. The summed E-state index contributed by atoms with van der Waals surface area (Å²) >= 11 is 3.34. The van der Waals surface area contributed by atoms with E-state index in [-0.39, 0.29) is 6.61 Å². The molecule has 1 N–H and O–H groups in total. The molecule has 0 aliphatic rings. The van der Waals surface area contributed by atoms with Gasteiger partial charge in [-0.2, -0.15) is 0 Å². The smallest absolute Gasteiger partial charge is 0.126 e. The van der Waals surface area contributed by atoms with Crippen molar-refractivity contribution in [2.75, 3.05) is 20.3 Å². The summed E-state index contributed by atoms with van der Waals surface area (Å²) in [6, 6.07) is 5.53. The van der Waals surface area contributed by atoms with Gasteiger partial charge in [0.2, 0.25) is 0 Å². The second kappa shape index (κ2) is 6.01. The molecule has 0 atom stereocenters. The van der Waals surface area contributed by atoms with Gasteiger partial charge in [0.15, 0.2) is 0 Å². The first-order chi connectivity index (χ1) is 6.77. The number of hydrogen-bond donors (Lipinski definition) is 1. The number of halogens is 1. The highest BCUT2D eigenvalue weighted by Crippen LogP contribution is 2.23. The lowest BCUT2D eigenvalue weighted by molar-refractivity contribution is 0.144. The fourth-order valence-electron chi connectivity index (χ4n) is 1.03. The van der Waals surface area contributed by atoms with Crippen molar-refractivity contribution in [2.24, 2.45) is 0 Å². The van der Waals surface area contributed by atoms with E-state index >= 15 is 0 Å². The van der Waals surface area contributed by atoms with Gasteiger partial charge in [-0.3, -0.25) is 0 Å². The SMILES string of the molecule is COCCOc1cc(Br)ccc1CO. The van der Waals surface area contributed by atoms with Crippen LogP contribution in [0.1, 0.15) is 5.56 Å². The van der Waals surface area contributed by atoms with Gasteiger partial charge in [0.25, 0.3) is 0 Å². The molecule has 1 aromatic rings. The average molecular weight is 261 g/mol. The topological polar surface area (TPSA) is 38.7 Å². The van der Waals surface area contributed by atoms with Gasteiger partial charge in [-0.1, -0.05) is 22.0 Å². The fourth-order valence-corrected chi connectivity index (χ4v) is 1.37. The number of methoxy groups -OCH3 is 1. The molecule has 78 valence electrons. The Morgan fingerprint density at radius 3 is 2.79 bits per heavy atom. The molecule has 0 unspecified atom stereocenters. The van der Waals surface area contributed by atoms with Gasteiger partial charge in [0, 0.05) is 17.1 Å². The maximum Gasteiger partial charge on any atom is 0.126 e. The molecule has 0 amide bonds. The summed E-state index contributed by atoms with van der Waals surface area (Å²) in [5, 5.41) is 9.04. The molecule has 0 aliphatic heterocycles. The van der Waals surface area contributed by atoms with Crippen LogP contribution in [-0.4, -0.2) is 25.4 Å². The molecular weight excluding hydrogens is 248 g/mol. The summed E-state index contributed by atoms with van der Waals surface area (Å²) in [5.74, 6) is 0.693. The minimum atomic E-state index is -0.0183. The first kappa shape index (κ1) is 11.5. The highest BCUT2D eigenvalue weighted by atomic mass is 79.9. The monoisotopic (exact) mass is 260 g/mol. The highest BCUT2D eigenvalue weighted by Gasteiger charge is 2.02. The third-order valence-electron chi connectivity index (χ3n) is 1.74. The predicted molar refractivity (Wildman–Crippen MR) is 57.4 cm³/mol. The molecule has 0 bridgehead atoms. The third-order valence-corrected chi connectivity index (χ3v) is 2.24. The maximum absolute atomic E-state index is 9.04. The van der Waals surface area contributed by atoms with Crippen LogP contribution in [0, 0.1) is 0 Å². The van der Waals surface area contributed by atoms with E-state index in [4.69, 9.17) is 14.6 Å². The van der Waals surface area contributed by atoms with Crippen LogP contribution in [0.15, 0.2) is 22.7 Å². The van der Waals surface area contributed by atoms with Crippen molar-refractivity contribution in [1.82, 2.24) is 0 Å². The molecule has 4 heteroatoms. The van der Waals surface area contributed by atoms with E-state index in [1.165, 1.54) is 0 Å². The zero-order valence-corrected chi connectivity index (χ0v) is 9.58. The van der Waals surface area contributed by atoms with Crippen molar-refractivity contribution < 1.29 is 14.6 Å². The quantitative estimate of drug-likeness (QED) is 0.823. The van der Waals surface area contributed by atoms with Crippen molar-refractivity contribution >= 4 is 15.9 Å². The Morgan fingerprint density at radius 1 is 1.36 bits per heavy atom. The standard InChI is InChI=1S/C10H13BrO3/c1-13-4-5-14-10-6-9(11)3-2-8(10)7-12/h2-3,6,12H,4-5,7H2,1H3. The van der Waals surface area contributed by atoms with Crippen molar-refractivity contribution in [3.63, 3.8) is 0 Å². The van der Waals surface area contributed by atoms with Crippen LogP contribution in [0.25, 0.3) is 0 Å². The molecule has 1 rings (SSSR count). The van der Waals surface area contributed by atoms with Gasteiger partial charge in [-0.05, 0) is 12.1 Å². The van der Waals surface area contributed by atoms with Gasteiger partial charge in [-0.15, -0.1) is 0 Å². The van der Waals surface area contributed by atoms with E-state index in [0.29, 0.717) is 19.0 Å². The molecule has 14 heavy (non-hydrogen) atoms. The molecule has 0 heterocycles. The first-order valence-corrected chi connectivity index (χ1v) is 5.08. The number of benzene rings is 1. The highest BCUT2D eigenvalue weighted by molar-refractivity contribution is 9.10. The molecule has 0 fully saturated rings. The van der Waals surface area contributed by atoms with Crippen LogP contribution in [0.3, 0.4) is 0 Å². The minimum absolute atomic E-state index is 0.0183. The fraction of sp³-hybridized carbons (Fsp3) is 0.400. The van der Waals surface area contributed by atoms with Gasteiger partial charge in [-0.25, -0.2) is 0 Å². The van der Waals surface area contributed by atoms with E-state index in [9.17, 15) is 0 Å². The molecule has 0 saturated carbocycles. The molecule has 0 aromatic heterocycles. The van der Waals surface area contributed by atoms with Crippen LogP contribution < -0.4 is 4.74 Å². The molecule has 1 aromatic carbocycles. The normalized spacial score (nSPS) is 10.2. The molecule has 0 radical (unpaired) electrons. The maximum atomic E-state index is 9.04. The molecule has 0 aliphatic carbocycles. The van der Waals surface area contributed by atoms with Crippen LogP contribution in [-0.2, 0) is 11.3 Å². The number of hydrogen-bond acceptors (Lipinski definition) is 3. The third kappa shape index (κ3) is 3.29. The molecule has 0 saturated heterocycles. The summed E-state index contributed by atoms with van der Waals surface area (Å²) in [5.41, 5.74) is 0.782. The van der Waals surface area contributed by atoms with E-state index < -0.39 is 0 Å². The lowest BCUT2D eigenvalue weighted by Gasteiger charge is -2.09. The van der Waals surface area contributed by atoms with Crippen molar-refractivity contribution in [3.8, 4) is 5.75 Å². The van der Waals surface area contributed by atoms with Gasteiger partial charge in [0.05, 0.1) is 13.2 Å². The van der Waals surface area contributed by atoms with Crippen LogP contribution in [0.4, 0.5) is 0 Å². The molecule has 3 nitrogen and oxygen atoms in total. The lowest BCUT2D eigenvalue weighted by atomic mass is 10.2. The van der Waals surface area contributed by atoms with Crippen molar-refractivity contribution in [3.05, 3.63) is 28.2 Å². The van der Waals surface area contributed by atoms with E-state index in [0.717, 1.165) is 10.0 Å². The number of aliphatic hydroxyl groups excluding tert-OH is 1. The zero-order valence-electron chi connectivity index (χ0n) is 8.00. The van der Waals surface area contributed by atoms with Crippen LogP contribution in [0.2, 0.25) is 0 Å². The molecular formula is C10H13BrO3. The van der Waals surface area contributed by atoms with E-state index in [1.54, 1.807) is 7.11 Å². The summed E-state index contributed by atoms with van der Waals surface area (Å²) in [6.45, 7) is 1.01. The Labute approximate surface area is 91.8 Å². The van der Waals surface area contributed by atoms with Gasteiger partial charge in [0.1, 0.15) is 12.4 Å². The van der Waals surface area contributed by atoms with Crippen LogP contribution in [0.5, 0.6) is 5.75 Å². The second-order valence-electron chi connectivity index (χ2n) is 2.75. The Bertz CT molecular complexity index is 289. The predicted octanol–water partition coefficient (Wildman–Crippen LogP) is 1.97. The van der Waals surface area contributed by atoms with E-state index in [1.807, 2.05) is 18.2 Å². The van der Waals surface area contributed by atoms with Crippen molar-refractivity contribution in [1.29, 1.82) is 0 Å². The Kier molecular flexibility index (Phi) is 4.93. The lowest BCUT2D eigenvalue weighted by Crippen LogP contribution is -2.05. The summed E-state index contributed by atoms with van der Waals surface area (Å²) in [6.07, 6.45) is 0. The largest absolute Gasteiger partial charge is 0.491 e. The van der Waals surface area contributed by atoms with E-state index in [2.05, 4.69) is 15.9 Å². The zero-order chi connectivity index (χ0) is 10.4. The van der Waals surface area contributed by atoms with Crippen LogP contribution >= 0.6 is 15.9 Å². The van der Waals surface area contributed by atoms with Crippen molar-refractivity contribution in [2.45, 2.75) is 6.61 Å². The average Bonchev–Trinajstić information content (AvgIpc) is 2.19. The number of ether oxygens (including phenoxy) is 2. The Balaban J connectivity index is 2.67. The Hall–Kier alpha value is -0.580. The molecule has 0 spiro atoms. The van der Waals surface area contributed by atoms with Gasteiger partial charge < -0.3 is 14.6 Å². The number of rotatable bonds is 5. The second-order valence-corrected chi connectivity index (χ2v) is 3.67. The minimum Gasteiger partial charge on any atom is -0.491 e.